The van der Waals surface area contributed by atoms with Gasteiger partial charge >= 0.3 is 0 Å². The van der Waals surface area contributed by atoms with Gasteiger partial charge in [0.2, 0.25) is 0 Å². The molecule has 1 aliphatic rings. The lowest BCUT2D eigenvalue weighted by atomic mass is 9.89. The Morgan fingerprint density at radius 2 is 1.85 bits per heavy atom. The van der Waals surface area contributed by atoms with Crippen molar-refractivity contribution in [3.8, 4) is 0 Å². The maximum atomic E-state index is 13.9. The number of aryl methyl sites for hydroxylation is 2. The summed E-state index contributed by atoms with van der Waals surface area (Å²) >= 11 is 0. The second-order valence-electron chi connectivity index (χ2n) is 6.81. The molecule has 0 aliphatic heterocycles. The van der Waals surface area contributed by atoms with Gasteiger partial charge in [-0.3, -0.25) is 14.8 Å². The molecule has 1 aromatic heterocycles. The van der Waals surface area contributed by atoms with E-state index in [-0.39, 0.29) is 17.5 Å². The van der Waals surface area contributed by atoms with Gasteiger partial charge in [-0.15, -0.1) is 0 Å². The Morgan fingerprint density at radius 1 is 1.08 bits per heavy atom. The number of rotatable bonds is 3. The van der Waals surface area contributed by atoms with E-state index in [2.05, 4.69) is 33.5 Å². The summed E-state index contributed by atoms with van der Waals surface area (Å²) < 4.78 is 13.9. The van der Waals surface area contributed by atoms with Gasteiger partial charge < -0.3 is 5.32 Å². The minimum Gasteiger partial charge on any atom is -0.345 e. The molecule has 1 N–H and O–H groups in total. The fourth-order valence-electron chi connectivity index (χ4n) is 3.59. The smallest absolute Gasteiger partial charge is 0.254 e. The molecule has 2 aromatic carbocycles. The monoisotopic (exact) mass is 349 g/mol. The summed E-state index contributed by atoms with van der Waals surface area (Å²) in [4.78, 5) is 21.0. The van der Waals surface area contributed by atoms with Crippen molar-refractivity contribution >= 4 is 16.9 Å². The van der Waals surface area contributed by atoms with Crippen LogP contribution in [0.2, 0.25) is 0 Å². The van der Waals surface area contributed by atoms with Crippen LogP contribution >= 0.6 is 0 Å². The quantitative estimate of drug-likeness (QED) is 0.773. The van der Waals surface area contributed by atoms with Gasteiger partial charge in [0.05, 0.1) is 17.1 Å². The molecule has 3 aromatic rings. The van der Waals surface area contributed by atoms with Crippen LogP contribution in [0.25, 0.3) is 11.0 Å². The molecule has 0 saturated heterocycles. The topological polar surface area (TPSA) is 54.9 Å². The Kier molecular flexibility index (Phi) is 4.37. The molecule has 1 aliphatic carbocycles. The summed E-state index contributed by atoms with van der Waals surface area (Å²) in [6, 6.07) is 8.74. The zero-order valence-electron chi connectivity index (χ0n) is 14.6. The largest absolute Gasteiger partial charge is 0.345 e. The van der Waals surface area contributed by atoms with Crippen LogP contribution in [0, 0.1) is 5.82 Å². The molecule has 5 heteroatoms. The predicted molar refractivity (Wildman–Crippen MR) is 98.5 cm³/mol. The summed E-state index contributed by atoms with van der Waals surface area (Å²) in [5.74, 6) is -0.843. The Labute approximate surface area is 151 Å². The van der Waals surface area contributed by atoms with Gasteiger partial charge in [0.15, 0.2) is 0 Å². The van der Waals surface area contributed by atoms with Crippen LogP contribution in [0.4, 0.5) is 4.39 Å². The first-order valence-corrected chi connectivity index (χ1v) is 8.94. The normalized spacial score (nSPS) is 14.7. The average molecular weight is 349 g/mol. The number of nitrogens with zero attached hydrogens (tertiary/aromatic N) is 2. The van der Waals surface area contributed by atoms with E-state index in [1.54, 1.807) is 0 Å². The lowest BCUT2D eigenvalue weighted by Crippen LogP contribution is -2.27. The van der Waals surface area contributed by atoms with Gasteiger partial charge in [0, 0.05) is 18.5 Å². The highest BCUT2D eigenvalue weighted by atomic mass is 19.1. The molecule has 4 rings (SSSR count). The number of nitrogens with one attached hydrogen (secondary N) is 1. The Morgan fingerprint density at radius 3 is 2.69 bits per heavy atom. The molecule has 0 spiro atoms. The molecule has 4 nitrogen and oxygen atoms in total. The summed E-state index contributed by atoms with van der Waals surface area (Å²) in [5.41, 5.74) is 4.83. The Bertz CT molecular complexity index is 986. The number of benzene rings is 2. The van der Waals surface area contributed by atoms with Crippen molar-refractivity contribution in [2.75, 3.05) is 0 Å². The molecule has 0 bridgehead atoms. The summed E-state index contributed by atoms with van der Waals surface area (Å²) in [7, 11) is 0. The molecule has 132 valence electrons. The predicted octanol–water partition coefficient (Wildman–Crippen LogP) is 4.14. The molecule has 0 fully saturated rings. The molecular weight excluding hydrogens is 329 g/mol. The van der Waals surface area contributed by atoms with Crippen molar-refractivity contribution in [2.45, 2.75) is 38.6 Å². The molecule has 1 atom stereocenters. The number of carbonyl (C=O) groups excluding carboxylic acids is 1. The minimum atomic E-state index is -0.496. The molecule has 26 heavy (non-hydrogen) atoms. The van der Waals surface area contributed by atoms with Crippen molar-refractivity contribution in [1.82, 2.24) is 15.3 Å². The van der Waals surface area contributed by atoms with E-state index in [9.17, 15) is 9.18 Å². The maximum absolute atomic E-state index is 13.9. The minimum absolute atomic E-state index is 0.176. The van der Waals surface area contributed by atoms with E-state index in [1.165, 1.54) is 48.5 Å². The van der Waals surface area contributed by atoms with Crippen LogP contribution < -0.4 is 5.32 Å². The van der Waals surface area contributed by atoms with Crippen molar-refractivity contribution in [3.63, 3.8) is 0 Å². The van der Waals surface area contributed by atoms with Gasteiger partial charge in [0.25, 0.3) is 5.91 Å². The Hall–Kier alpha value is -2.82. The van der Waals surface area contributed by atoms with Crippen LogP contribution in [0.1, 0.15) is 52.9 Å². The van der Waals surface area contributed by atoms with Crippen LogP contribution in [0.15, 0.2) is 42.7 Å². The first kappa shape index (κ1) is 16.6. The number of halogens is 1. The number of hydrogen-bond donors (Lipinski definition) is 1. The highest BCUT2D eigenvalue weighted by molar-refractivity contribution is 6.04. The number of hydrogen-bond acceptors (Lipinski definition) is 3. The Balaban J connectivity index is 1.60. The van der Waals surface area contributed by atoms with E-state index in [0.717, 1.165) is 18.4 Å². The third kappa shape index (κ3) is 3.17. The molecular formula is C21H20FN3O. The number of aromatic nitrogens is 2. The number of fused-ring (bicyclic) bond motifs is 2. The van der Waals surface area contributed by atoms with Gasteiger partial charge in [-0.05, 0) is 55.4 Å². The lowest BCUT2D eigenvalue weighted by Gasteiger charge is -2.20. The van der Waals surface area contributed by atoms with E-state index < -0.39 is 5.82 Å². The highest BCUT2D eigenvalue weighted by Gasteiger charge is 2.18. The third-order valence-corrected chi connectivity index (χ3v) is 5.00. The molecule has 1 heterocycles. The number of amides is 1. The van der Waals surface area contributed by atoms with Gasteiger partial charge in [-0.2, -0.15) is 0 Å². The van der Waals surface area contributed by atoms with E-state index >= 15 is 0 Å². The first-order valence-electron chi connectivity index (χ1n) is 8.94. The van der Waals surface area contributed by atoms with Crippen LogP contribution in [-0.4, -0.2) is 15.9 Å². The van der Waals surface area contributed by atoms with Crippen molar-refractivity contribution in [1.29, 1.82) is 0 Å². The standard InChI is InChI=1S/C21H20FN3O/c1-13(15-7-6-14-4-2-3-5-16(14)10-15)25-21(26)18-11-17(22)12-19-20(18)24-9-8-23-19/h6-13H,2-5H2,1H3,(H,25,26). The van der Waals surface area contributed by atoms with Crippen molar-refractivity contribution < 1.29 is 9.18 Å². The van der Waals surface area contributed by atoms with E-state index in [1.807, 2.05) is 6.92 Å². The highest BCUT2D eigenvalue weighted by Crippen LogP contribution is 2.25. The number of carbonyl (C=O) groups is 1. The zero-order valence-corrected chi connectivity index (χ0v) is 14.6. The van der Waals surface area contributed by atoms with Gasteiger partial charge in [-0.1, -0.05) is 18.2 Å². The lowest BCUT2D eigenvalue weighted by molar-refractivity contribution is 0.0941. The zero-order chi connectivity index (χ0) is 18.1. The fourth-order valence-corrected chi connectivity index (χ4v) is 3.59. The molecule has 1 amide bonds. The molecule has 0 radical (unpaired) electrons. The van der Waals surface area contributed by atoms with E-state index in [4.69, 9.17) is 0 Å². The summed E-state index contributed by atoms with van der Waals surface area (Å²) in [6.45, 7) is 1.94. The third-order valence-electron chi connectivity index (χ3n) is 5.00. The molecule has 0 saturated carbocycles. The average Bonchev–Trinajstić information content (AvgIpc) is 2.66. The van der Waals surface area contributed by atoms with Crippen molar-refractivity contribution in [3.05, 3.63) is 70.8 Å². The second-order valence-corrected chi connectivity index (χ2v) is 6.81. The summed E-state index contributed by atoms with van der Waals surface area (Å²) in [5, 5.41) is 2.97. The molecule has 1 unspecified atom stereocenters. The maximum Gasteiger partial charge on any atom is 0.254 e. The summed E-state index contributed by atoms with van der Waals surface area (Å²) in [6.07, 6.45) is 7.67. The first-order chi connectivity index (χ1) is 12.6. The van der Waals surface area contributed by atoms with Crippen LogP contribution in [0.3, 0.4) is 0 Å². The SMILES string of the molecule is CC(NC(=O)c1cc(F)cc2nccnc12)c1ccc2c(c1)CCCC2. The van der Waals surface area contributed by atoms with Crippen LogP contribution in [-0.2, 0) is 12.8 Å². The fraction of sp³-hybridized carbons (Fsp3) is 0.286. The van der Waals surface area contributed by atoms with Gasteiger partial charge in [-0.25, -0.2) is 4.39 Å². The van der Waals surface area contributed by atoms with Crippen LogP contribution in [0.5, 0.6) is 0 Å². The van der Waals surface area contributed by atoms with Gasteiger partial charge in [0.1, 0.15) is 11.3 Å². The van der Waals surface area contributed by atoms with Crippen molar-refractivity contribution in [2.24, 2.45) is 0 Å². The second kappa shape index (κ2) is 6.83. The van der Waals surface area contributed by atoms with E-state index in [0.29, 0.717) is 11.0 Å².